The minimum absolute atomic E-state index is 0.192. The van der Waals surface area contributed by atoms with Gasteiger partial charge < -0.3 is 14.4 Å². The van der Waals surface area contributed by atoms with Gasteiger partial charge in [0, 0.05) is 40.6 Å². The van der Waals surface area contributed by atoms with Crippen molar-refractivity contribution in [2.24, 2.45) is 0 Å². The van der Waals surface area contributed by atoms with Gasteiger partial charge in [0.2, 0.25) is 0 Å². The highest BCUT2D eigenvalue weighted by Gasteiger charge is 2.19. The number of nitrogens with zero attached hydrogens (tertiary/aromatic N) is 3. The van der Waals surface area contributed by atoms with Crippen molar-refractivity contribution in [2.45, 2.75) is 39.6 Å². The Bertz CT molecular complexity index is 1230. The molecule has 1 aromatic carbocycles. The molecule has 0 saturated carbocycles. The molecule has 0 aliphatic heterocycles. The summed E-state index contributed by atoms with van der Waals surface area (Å²) >= 11 is 0. The monoisotopic (exact) mass is 465 g/mol. The molecule has 0 fully saturated rings. The third-order valence-electron chi connectivity index (χ3n) is 5.16. The van der Waals surface area contributed by atoms with E-state index in [4.69, 9.17) is 20.4 Å². The molecule has 0 unspecified atom stereocenters. The van der Waals surface area contributed by atoms with Crippen molar-refractivity contribution in [1.29, 1.82) is 0 Å². The molecule has 1 N–H and O–H groups in total. The first-order valence-corrected chi connectivity index (χ1v) is 13.8. The fourth-order valence-electron chi connectivity index (χ4n) is 3.42. The molecule has 3 aromatic rings. The third-order valence-corrected chi connectivity index (χ3v) is 6.55. The number of hydrogen-bond donors (Lipinski definition) is 1. The van der Waals surface area contributed by atoms with E-state index >= 15 is 0 Å². The second-order valence-electron chi connectivity index (χ2n) is 9.46. The molecule has 0 atom stereocenters. The zero-order valence-corrected chi connectivity index (χ0v) is 21.0. The Labute approximate surface area is 199 Å². The Hall–Kier alpha value is -2.14. The molecular formula is C24H30B2FN3O2S. The molecule has 0 aliphatic rings. The number of fused-ring (bicyclic) bond motifs is 1. The van der Waals surface area contributed by atoms with Gasteiger partial charge in [-0.3, -0.25) is 4.68 Å². The minimum atomic E-state index is -1.23. The largest absolute Gasteiger partial charge is 0.378 e. The predicted molar refractivity (Wildman–Crippen MR) is 139 cm³/mol. The zero-order chi connectivity index (χ0) is 24.6. The number of benzene rings is 1. The average molecular weight is 465 g/mol. The molecule has 33 heavy (non-hydrogen) atoms. The summed E-state index contributed by atoms with van der Waals surface area (Å²) in [5.41, 5.74) is 1.67. The highest BCUT2D eigenvalue weighted by atomic mass is 32.3. The van der Waals surface area contributed by atoms with Gasteiger partial charge in [0.15, 0.2) is 0 Å². The standard InChI is InChI=1S/C24H30B2FN3O2S/c1-7-29-14-18(17-12-16(8-9-24(2,3)31)19(27)13-20(17)29)21-22(25)28-30(23(21)26)15-32-10-11-33(4,5)6/h12-14,31H,7,10-11,15H2,1-6H3. The number of rotatable bonds is 7. The molecule has 0 spiro atoms. The lowest BCUT2D eigenvalue weighted by molar-refractivity contribution is 0.0835. The molecule has 2 heterocycles. The van der Waals surface area contributed by atoms with E-state index < -0.39 is 21.4 Å². The molecule has 5 nitrogen and oxygen atoms in total. The number of halogens is 1. The van der Waals surface area contributed by atoms with Gasteiger partial charge in [-0.05, 0) is 57.3 Å². The van der Waals surface area contributed by atoms with Crippen molar-refractivity contribution in [3.63, 3.8) is 0 Å². The van der Waals surface area contributed by atoms with Crippen LogP contribution in [0.25, 0.3) is 22.0 Å². The van der Waals surface area contributed by atoms with Gasteiger partial charge >= 0.3 is 0 Å². The third kappa shape index (κ3) is 6.06. The Morgan fingerprint density at radius 1 is 1.24 bits per heavy atom. The lowest BCUT2D eigenvalue weighted by atomic mass is 9.86. The Kier molecular flexibility index (Phi) is 7.42. The van der Waals surface area contributed by atoms with E-state index in [2.05, 4.69) is 35.7 Å². The van der Waals surface area contributed by atoms with Crippen LogP contribution in [-0.2, 0) is 18.0 Å². The molecule has 9 heteroatoms. The van der Waals surface area contributed by atoms with Gasteiger partial charge in [-0.2, -0.15) is 5.10 Å². The van der Waals surface area contributed by atoms with Crippen LogP contribution in [0, 0.1) is 17.7 Å². The van der Waals surface area contributed by atoms with Crippen molar-refractivity contribution < 1.29 is 14.2 Å². The van der Waals surface area contributed by atoms with Crippen LogP contribution < -0.4 is 11.2 Å². The Balaban J connectivity index is 2.04. The molecule has 0 amide bonds. The van der Waals surface area contributed by atoms with Gasteiger partial charge in [0.1, 0.15) is 33.8 Å². The smallest absolute Gasteiger partial charge is 0.145 e. The molecule has 172 valence electrons. The van der Waals surface area contributed by atoms with Crippen molar-refractivity contribution in [3.8, 4) is 23.0 Å². The molecule has 3 rings (SSSR count). The van der Waals surface area contributed by atoms with Crippen LogP contribution in [0.2, 0.25) is 0 Å². The van der Waals surface area contributed by atoms with Crippen LogP contribution in [0.1, 0.15) is 26.3 Å². The van der Waals surface area contributed by atoms with E-state index in [-0.39, 0.29) is 17.9 Å². The van der Waals surface area contributed by atoms with Gasteiger partial charge in [-0.25, -0.2) is 14.4 Å². The van der Waals surface area contributed by atoms with Crippen LogP contribution >= 0.6 is 10.0 Å². The molecule has 0 bridgehead atoms. The summed E-state index contributed by atoms with van der Waals surface area (Å²) in [5.74, 6) is 5.95. The molecule has 4 radical (unpaired) electrons. The van der Waals surface area contributed by atoms with Crippen LogP contribution in [0.15, 0.2) is 18.3 Å². The second-order valence-corrected chi connectivity index (χ2v) is 14.1. The maximum Gasteiger partial charge on any atom is 0.145 e. The summed E-state index contributed by atoms with van der Waals surface area (Å²) in [5, 5.41) is 15.0. The summed E-state index contributed by atoms with van der Waals surface area (Å²) in [6, 6.07) is 3.12. The van der Waals surface area contributed by atoms with Gasteiger partial charge in [-0.15, -0.1) is 0 Å². The fraction of sp³-hybridized carbons (Fsp3) is 0.458. The maximum atomic E-state index is 14.8. The average Bonchev–Trinajstić information content (AvgIpc) is 3.17. The molecule has 0 aliphatic carbocycles. The SMILES string of the molecule is [B]c1nn(COCCS(C)(C)C)c([B])c1-c1cn(CC)c2cc(F)c(C#CC(C)(C)O)cc12. The first kappa shape index (κ1) is 25.5. The number of ether oxygens (including phenoxy) is 1. The van der Waals surface area contributed by atoms with E-state index in [1.807, 2.05) is 17.7 Å². The summed E-state index contributed by atoms with van der Waals surface area (Å²) in [6.45, 7) is 6.53. The summed E-state index contributed by atoms with van der Waals surface area (Å²) in [7, 11) is 12.0. The van der Waals surface area contributed by atoms with Crippen molar-refractivity contribution in [2.75, 3.05) is 31.1 Å². The van der Waals surface area contributed by atoms with Gasteiger partial charge in [0.25, 0.3) is 0 Å². The highest BCUT2D eigenvalue weighted by molar-refractivity contribution is 8.32. The second kappa shape index (κ2) is 9.61. The van der Waals surface area contributed by atoms with Crippen LogP contribution in [-0.4, -0.2) is 71.9 Å². The van der Waals surface area contributed by atoms with Crippen molar-refractivity contribution >= 4 is 47.8 Å². The van der Waals surface area contributed by atoms with Crippen molar-refractivity contribution in [1.82, 2.24) is 14.3 Å². The van der Waals surface area contributed by atoms with Crippen LogP contribution in [0.4, 0.5) is 4.39 Å². The first-order chi connectivity index (χ1) is 15.3. The Morgan fingerprint density at radius 2 is 1.94 bits per heavy atom. The maximum absolute atomic E-state index is 14.8. The van der Waals surface area contributed by atoms with Crippen molar-refractivity contribution in [3.05, 3.63) is 29.7 Å². The number of aromatic nitrogens is 3. The zero-order valence-electron chi connectivity index (χ0n) is 20.2. The van der Waals surface area contributed by atoms with E-state index in [0.717, 1.165) is 16.7 Å². The first-order valence-electron chi connectivity index (χ1n) is 10.7. The van der Waals surface area contributed by atoms with Crippen LogP contribution in [0.3, 0.4) is 0 Å². The fourth-order valence-corrected chi connectivity index (χ4v) is 4.03. The molecule has 0 saturated heterocycles. The van der Waals surface area contributed by atoms with Gasteiger partial charge in [0.05, 0.1) is 17.7 Å². The van der Waals surface area contributed by atoms with E-state index in [0.29, 0.717) is 29.8 Å². The number of aryl methyl sites for hydroxylation is 1. The lowest BCUT2D eigenvalue weighted by Gasteiger charge is -2.24. The summed E-state index contributed by atoms with van der Waals surface area (Å²) < 4.78 is 24.0. The van der Waals surface area contributed by atoms with E-state index in [9.17, 15) is 9.50 Å². The summed E-state index contributed by atoms with van der Waals surface area (Å²) in [4.78, 5) is 0. The minimum Gasteiger partial charge on any atom is -0.378 e. The summed E-state index contributed by atoms with van der Waals surface area (Å²) in [6.07, 6.45) is 8.61. The number of aliphatic hydroxyl groups is 1. The van der Waals surface area contributed by atoms with Crippen LogP contribution in [0.5, 0.6) is 0 Å². The van der Waals surface area contributed by atoms with E-state index in [1.165, 1.54) is 6.07 Å². The molecular weight excluding hydrogens is 435 g/mol. The molecule has 2 aromatic heterocycles. The predicted octanol–water partition coefficient (Wildman–Crippen LogP) is 2.04. The highest BCUT2D eigenvalue weighted by Crippen LogP contribution is 2.33. The van der Waals surface area contributed by atoms with E-state index in [1.54, 1.807) is 24.6 Å². The Morgan fingerprint density at radius 3 is 2.55 bits per heavy atom. The quantitative estimate of drug-likeness (QED) is 0.330. The topological polar surface area (TPSA) is 52.2 Å². The lowest BCUT2D eigenvalue weighted by Crippen LogP contribution is -2.22. The number of hydrogen-bond acceptors (Lipinski definition) is 3. The normalized spacial score (nSPS) is 12.7. The van der Waals surface area contributed by atoms with Gasteiger partial charge in [-0.1, -0.05) is 11.8 Å².